The van der Waals surface area contributed by atoms with Gasteiger partial charge in [-0.3, -0.25) is 10.1 Å². The summed E-state index contributed by atoms with van der Waals surface area (Å²) in [5.74, 6) is 1.35. The van der Waals surface area contributed by atoms with Gasteiger partial charge in [0, 0.05) is 11.6 Å². The summed E-state index contributed by atoms with van der Waals surface area (Å²) in [7, 11) is 0. The normalized spacial score (nSPS) is 23.6. The van der Waals surface area contributed by atoms with Crippen molar-refractivity contribution in [3.05, 3.63) is 34.9 Å². The van der Waals surface area contributed by atoms with E-state index in [2.05, 4.69) is 11.6 Å². The molecule has 1 heterocycles. The van der Waals surface area contributed by atoms with Crippen molar-refractivity contribution in [1.82, 2.24) is 10.2 Å². The molecule has 1 aliphatic heterocycles. The predicted octanol–water partition coefficient (Wildman–Crippen LogP) is 3.06. The van der Waals surface area contributed by atoms with E-state index < -0.39 is 0 Å². The van der Waals surface area contributed by atoms with Crippen LogP contribution in [0.1, 0.15) is 31.0 Å². The molecule has 2 fully saturated rings. The highest BCUT2D eigenvalue weighted by Gasteiger charge is 2.59. The quantitative estimate of drug-likeness (QED) is 0.848. The number of thioether (sulfide) groups is 1. The zero-order valence-electron chi connectivity index (χ0n) is 11.6. The molecule has 1 saturated carbocycles. The van der Waals surface area contributed by atoms with Crippen LogP contribution in [0.15, 0.2) is 24.3 Å². The first-order valence-electron chi connectivity index (χ1n) is 6.99. The highest BCUT2D eigenvalue weighted by Crippen LogP contribution is 2.46. The number of nitrogens with one attached hydrogen (secondary N) is 1. The van der Waals surface area contributed by atoms with Crippen molar-refractivity contribution in [2.75, 3.05) is 18.6 Å². The maximum Gasteiger partial charge on any atom is 0.244 e. The molecule has 0 bridgehead atoms. The van der Waals surface area contributed by atoms with E-state index in [0.717, 1.165) is 42.1 Å². The van der Waals surface area contributed by atoms with Crippen LogP contribution in [0, 0.1) is 0 Å². The standard InChI is InChI=1S/C15H19ClN2OS/c1-20-9-3-8-18-13(11-4-2-5-12(16)10-11)17-15(6-7-15)14(18)19/h2,4-5,10,13,17H,3,6-9H2,1H3. The molecule has 3 rings (SSSR count). The first kappa shape index (κ1) is 14.2. The van der Waals surface area contributed by atoms with E-state index in [1.54, 1.807) is 0 Å². The Morgan fingerprint density at radius 3 is 2.95 bits per heavy atom. The van der Waals surface area contributed by atoms with Gasteiger partial charge in [-0.15, -0.1) is 0 Å². The van der Waals surface area contributed by atoms with E-state index in [-0.39, 0.29) is 17.6 Å². The minimum Gasteiger partial charge on any atom is -0.321 e. The van der Waals surface area contributed by atoms with Crippen molar-refractivity contribution in [2.45, 2.75) is 31.0 Å². The monoisotopic (exact) mass is 310 g/mol. The molecule has 1 saturated heterocycles. The number of halogens is 1. The van der Waals surface area contributed by atoms with Crippen LogP contribution in [0.3, 0.4) is 0 Å². The second-order valence-electron chi connectivity index (χ2n) is 5.53. The molecule has 1 aliphatic carbocycles. The molecule has 1 unspecified atom stereocenters. The predicted molar refractivity (Wildman–Crippen MR) is 84.0 cm³/mol. The molecule has 1 aromatic carbocycles. The summed E-state index contributed by atoms with van der Waals surface area (Å²) >= 11 is 7.91. The SMILES string of the molecule is CSCCCN1C(=O)C2(CC2)NC1c1cccc(Cl)c1. The van der Waals surface area contributed by atoms with Crippen LogP contribution in [0.25, 0.3) is 0 Å². The molecule has 1 aromatic rings. The smallest absolute Gasteiger partial charge is 0.244 e. The van der Waals surface area contributed by atoms with Gasteiger partial charge in [0.2, 0.25) is 5.91 Å². The zero-order chi connectivity index (χ0) is 14.2. The van der Waals surface area contributed by atoms with Gasteiger partial charge in [0.1, 0.15) is 11.7 Å². The zero-order valence-corrected chi connectivity index (χ0v) is 13.1. The largest absolute Gasteiger partial charge is 0.321 e. The van der Waals surface area contributed by atoms with Gasteiger partial charge in [-0.1, -0.05) is 23.7 Å². The molecule has 20 heavy (non-hydrogen) atoms. The van der Waals surface area contributed by atoms with Crippen molar-refractivity contribution in [3.63, 3.8) is 0 Å². The van der Waals surface area contributed by atoms with Crippen molar-refractivity contribution < 1.29 is 4.79 Å². The Morgan fingerprint density at radius 1 is 1.50 bits per heavy atom. The number of hydrogen-bond acceptors (Lipinski definition) is 3. The molecule has 1 spiro atoms. The number of rotatable bonds is 5. The molecule has 0 radical (unpaired) electrons. The van der Waals surface area contributed by atoms with Crippen LogP contribution < -0.4 is 5.32 Å². The van der Waals surface area contributed by atoms with E-state index in [9.17, 15) is 4.79 Å². The van der Waals surface area contributed by atoms with Crippen molar-refractivity contribution >= 4 is 29.3 Å². The number of amides is 1. The highest BCUT2D eigenvalue weighted by atomic mass is 35.5. The topological polar surface area (TPSA) is 32.3 Å². The van der Waals surface area contributed by atoms with Crippen LogP contribution in [0.5, 0.6) is 0 Å². The second kappa shape index (κ2) is 5.58. The summed E-state index contributed by atoms with van der Waals surface area (Å²) in [5.41, 5.74) is 0.811. The molecule has 1 N–H and O–H groups in total. The molecule has 5 heteroatoms. The Morgan fingerprint density at radius 2 is 2.30 bits per heavy atom. The van der Waals surface area contributed by atoms with Crippen LogP contribution in [-0.2, 0) is 4.79 Å². The van der Waals surface area contributed by atoms with E-state index in [1.165, 1.54) is 0 Å². The minimum atomic E-state index is -0.271. The molecule has 2 aliphatic rings. The minimum absolute atomic E-state index is 0.0226. The Bertz CT molecular complexity index is 518. The fourth-order valence-corrected chi connectivity index (χ4v) is 3.44. The summed E-state index contributed by atoms with van der Waals surface area (Å²) in [4.78, 5) is 14.6. The summed E-state index contributed by atoms with van der Waals surface area (Å²) in [6, 6.07) is 7.81. The van der Waals surface area contributed by atoms with Gasteiger partial charge < -0.3 is 4.90 Å². The Labute approximate surface area is 129 Å². The van der Waals surface area contributed by atoms with Gasteiger partial charge in [0.25, 0.3) is 0 Å². The van der Waals surface area contributed by atoms with E-state index in [1.807, 2.05) is 40.9 Å². The first-order chi connectivity index (χ1) is 9.66. The van der Waals surface area contributed by atoms with E-state index in [4.69, 9.17) is 11.6 Å². The van der Waals surface area contributed by atoms with Crippen LogP contribution >= 0.6 is 23.4 Å². The first-order valence-corrected chi connectivity index (χ1v) is 8.77. The average Bonchev–Trinajstić information content (AvgIpc) is 3.16. The Kier molecular flexibility index (Phi) is 3.98. The number of carbonyl (C=O) groups is 1. The van der Waals surface area contributed by atoms with E-state index in [0.29, 0.717) is 0 Å². The molecule has 0 aromatic heterocycles. The maximum absolute atomic E-state index is 12.6. The molecule has 1 amide bonds. The van der Waals surface area contributed by atoms with Gasteiger partial charge in [0.05, 0.1) is 0 Å². The fourth-order valence-electron chi connectivity index (χ4n) is 2.83. The van der Waals surface area contributed by atoms with Gasteiger partial charge in [-0.25, -0.2) is 0 Å². The van der Waals surface area contributed by atoms with Gasteiger partial charge in [-0.05, 0) is 49.0 Å². The van der Waals surface area contributed by atoms with Crippen molar-refractivity contribution in [3.8, 4) is 0 Å². The summed E-state index contributed by atoms with van der Waals surface area (Å²) < 4.78 is 0. The number of benzene rings is 1. The van der Waals surface area contributed by atoms with Crippen molar-refractivity contribution in [2.24, 2.45) is 0 Å². The molecule has 3 nitrogen and oxygen atoms in total. The third-order valence-corrected chi connectivity index (χ3v) is 4.99. The lowest BCUT2D eigenvalue weighted by molar-refractivity contribution is -0.130. The molecule has 1 atom stereocenters. The summed E-state index contributed by atoms with van der Waals surface area (Å²) in [6.07, 6.45) is 5.03. The lowest BCUT2D eigenvalue weighted by atomic mass is 10.1. The van der Waals surface area contributed by atoms with Crippen LogP contribution in [0.2, 0.25) is 5.02 Å². The lowest BCUT2D eigenvalue weighted by Crippen LogP contribution is -2.33. The number of carbonyl (C=O) groups excluding carboxylic acids is 1. The lowest BCUT2D eigenvalue weighted by Gasteiger charge is -2.24. The third kappa shape index (κ3) is 2.57. The molecular formula is C15H19ClN2OS. The summed E-state index contributed by atoms with van der Waals surface area (Å²) in [5, 5.41) is 4.24. The number of hydrogen-bond donors (Lipinski definition) is 1. The van der Waals surface area contributed by atoms with Gasteiger partial charge in [0.15, 0.2) is 0 Å². The fraction of sp³-hybridized carbons (Fsp3) is 0.533. The number of nitrogens with zero attached hydrogens (tertiary/aromatic N) is 1. The molecule has 108 valence electrons. The Hall–Kier alpha value is -0.710. The van der Waals surface area contributed by atoms with Crippen LogP contribution in [-0.4, -0.2) is 34.9 Å². The summed E-state index contributed by atoms with van der Waals surface area (Å²) in [6.45, 7) is 0.811. The maximum atomic E-state index is 12.6. The average molecular weight is 311 g/mol. The van der Waals surface area contributed by atoms with Crippen molar-refractivity contribution in [1.29, 1.82) is 0 Å². The Balaban J connectivity index is 1.81. The van der Waals surface area contributed by atoms with E-state index >= 15 is 0 Å². The van der Waals surface area contributed by atoms with Gasteiger partial charge in [-0.2, -0.15) is 11.8 Å². The third-order valence-electron chi connectivity index (χ3n) is 4.06. The molecular weight excluding hydrogens is 292 g/mol. The highest BCUT2D eigenvalue weighted by molar-refractivity contribution is 7.98. The second-order valence-corrected chi connectivity index (χ2v) is 6.95. The van der Waals surface area contributed by atoms with Gasteiger partial charge >= 0.3 is 0 Å². The van der Waals surface area contributed by atoms with Crippen LogP contribution in [0.4, 0.5) is 0 Å².